The first-order chi connectivity index (χ1) is 13.5. The van der Waals surface area contributed by atoms with Crippen LogP contribution in [-0.2, 0) is 11.2 Å². The van der Waals surface area contributed by atoms with Crippen LogP contribution >= 0.6 is 0 Å². The Morgan fingerprint density at radius 3 is 3.04 bits per heavy atom. The number of aliphatic hydroxyl groups is 2. The summed E-state index contributed by atoms with van der Waals surface area (Å²) in [6.07, 6.45) is -0.529. The minimum Gasteiger partial charge on any atom is -0.464 e. The summed E-state index contributed by atoms with van der Waals surface area (Å²) in [5.74, 6) is -1.29. The summed E-state index contributed by atoms with van der Waals surface area (Å²) >= 11 is 0. The molecule has 0 saturated heterocycles. The summed E-state index contributed by atoms with van der Waals surface area (Å²) in [6, 6.07) is 4.00. The number of carbonyl (C=O) groups excluding carboxylic acids is 1. The second-order valence-electron chi connectivity index (χ2n) is 6.00. The van der Waals surface area contributed by atoms with Gasteiger partial charge in [0.25, 0.3) is 11.8 Å². The van der Waals surface area contributed by atoms with Gasteiger partial charge in [-0.15, -0.1) is 0 Å². The van der Waals surface area contributed by atoms with Crippen LogP contribution < -0.4 is 15.5 Å². The lowest BCUT2D eigenvalue weighted by Crippen LogP contribution is -2.36. The van der Waals surface area contributed by atoms with Crippen molar-refractivity contribution in [2.75, 3.05) is 19.8 Å². The molecule has 0 aliphatic heterocycles. The lowest BCUT2D eigenvalue weighted by Gasteiger charge is -2.27. The number of rotatable bonds is 8. The van der Waals surface area contributed by atoms with Gasteiger partial charge in [-0.2, -0.15) is 0 Å². The van der Waals surface area contributed by atoms with Crippen LogP contribution in [0.5, 0.6) is 5.88 Å². The average Bonchev–Trinajstić information content (AvgIpc) is 3.15. The number of nitrogens with one attached hydrogen (secondary N) is 2. The maximum absolute atomic E-state index is 13.4. The number of amidine groups is 1. The molecule has 0 fully saturated rings. The lowest BCUT2D eigenvalue weighted by molar-refractivity contribution is -0.123. The van der Waals surface area contributed by atoms with Gasteiger partial charge >= 0.3 is 0 Å². The van der Waals surface area contributed by atoms with E-state index in [9.17, 15) is 19.5 Å². The summed E-state index contributed by atoms with van der Waals surface area (Å²) in [4.78, 5) is 15.9. The molecule has 150 valence electrons. The standard InChI is InChI=1S/C16H18FN5O6/c17-9-2-1-8-3-12(11(8)4-9)19-15(20-26)14-16(22-28-21-14)27-7-13(25)18-5-10(24)6-23/h1-2,4,10,12,23-24,26H,3,5-7H2,(H,18,25)(H,19,20). The van der Waals surface area contributed by atoms with E-state index in [1.54, 1.807) is 6.07 Å². The topological polar surface area (TPSA) is 162 Å². The summed E-state index contributed by atoms with van der Waals surface area (Å²) in [5.41, 5.74) is 3.44. The molecule has 2 aromatic rings. The molecule has 1 amide bonds. The van der Waals surface area contributed by atoms with Crippen molar-refractivity contribution in [1.29, 1.82) is 0 Å². The van der Waals surface area contributed by atoms with Crippen LogP contribution in [0.1, 0.15) is 22.9 Å². The van der Waals surface area contributed by atoms with Gasteiger partial charge in [0.2, 0.25) is 5.69 Å². The predicted octanol–water partition coefficient (Wildman–Crippen LogP) is -0.920. The molecule has 2 atom stereocenters. The molecule has 1 heterocycles. The van der Waals surface area contributed by atoms with Crippen molar-refractivity contribution in [1.82, 2.24) is 21.1 Å². The van der Waals surface area contributed by atoms with Crippen molar-refractivity contribution >= 4 is 11.7 Å². The molecule has 12 heteroatoms. The Hall–Kier alpha value is -3.09. The highest BCUT2D eigenvalue weighted by molar-refractivity contribution is 5.98. The number of ether oxygens (including phenoxy) is 1. The van der Waals surface area contributed by atoms with E-state index < -0.39 is 31.3 Å². The van der Waals surface area contributed by atoms with Gasteiger partial charge in [-0.1, -0.05) is 6.07 Å². The summed E-state index contributed by atoms with van der Waals surface area (Å²) in [5, 5.41) is 36.7. The maximum Gasteiger partial charge on any atom is 0.287 e. The van der Waals surface area contributed by atoms with Crippen LogP contribution in [-0.4, -0.2) is 63.3 Å². The molecule has 0 saturated carbocycles. The summed E-state index contributed by atoms with van der Waals surface area (Å²) in [7, 11) is 0. The van der Waals surface area contributed by atoms with Gasteiger partial charge in [0.05, 0.1) is 18.8 Å². The first kappa shape index (κ1) is 19.7. The van der Waals surface area contributed by atoms with E-state index >= 15 is 0 Å². The fourth-order valence-corrected chi connectivity index (χ4v) is 2.56. The van der Waals surface area contributed by atoms with Crippen LogP contribution in [0.2, 0.25) is 0 Å². The third-order valence-corrected chi connectivity index (χ3v) is 4.04. The van der Waals surface area contributed by atoms with Gasteiger partial charge in [-0.3, -0.25) is 20.5 Å². The molecule has 1 aliphatic carbocycles. The van der Waals surface area contributed by atoms with Gasteiger partial charge in [-0.25, -0.2) is 9.02 Å². The SMILES string of the molecule is O=C(COc1nonc1C(=NC1Cc2ccc(F)cc21)NO)NCC(O)CO. The zero-order chi connectivity index (χ0) is 20.1. The molecule has 0 spiro atoms. The highest BCUT2D eigenvalue weighted by atomic mass is 19.1. The van der Waals surface area contributed by atoms with Crippen molar-refractivity contribution < 1.29 is 34.0 Å². The minimum atomic E-state index is -1.08. The summed E-state index contributed by atoms with van der Waals surface area (Å²) in [6.45, 7) is -1.12. The molecule has 5 N–H and O–H groups in total. The Morgan fingerprint density at radius 2 is 2.29 bits per heavy atom. The minimum absolute atomic E-state index is 0.0736. The zero-order valence-electron chi connectivity index (χ0n) is 14.5. The largest absolute Gasteiger partial charge is 0.464 e. The number of aliphatic hydroxyl groups excluding tert-OH is 2. The Labute approximate surface area is 157 Å². The third kappa shape index (κ3) is 4.42. The molecule has 1 aliphatic rings. The molecular weight excluding hydrogens is 377 g/mol. The van der Waals surface area contributed by atoms with Crippen LogP contribution in [0.4, 0.5) is 4.39 Å². The quantitative estimate of drug-likeness (QED) is 0.216. The third-order valence-electron chi connectivity index (χ3n) is 4.04. The Kier molecular flexibility index (Phi) is 6.13. The predicted molar refractivity (Wildman–Crippen MR) is 90.2 cm³/mol. The fourth-order valence-electron chi connectivity index (χ4n) is 2.56. The van der Waals surface area contributed by atoms with Crippen LogP contribution in [0.3, 0.4) is 0 Å². The van der Waals surface area contributed by atoms with Crippen molar-refractivity contribution in [2.24, 2.45) is 4.99 Å². The highest BCUT2D eigenvalue weighted by Gasteiger charge is 2.28. The van der Waals surface area contributed by atoms with Crippen LogP contribution in [0.15, 0.2) is 27.8 Å². The van der Waals surface area contributed by atoms with E-state index in [4.69, 9.17) is 9.84 Å². The Morgan fingerprint density at radius 1 is 1.46 bits per heavy atom. The van der Waals surface area contributed by atoms with Gasteiger partial charge in [0.15, 0.2) is 12.4 Å². The number of amides is 1. The van der Waals surface area contributed by atoms with Crippen LogP contribution in [0, 0.1) is 5.82 Å². The first-order valence-corrected chi connectivity index (χ1v) is 8.29. The Balaban J connectivity index is 1.65. The summed E-state index contributed by atoms with van der Waals surface area (Å²) < 4.78 is 23.2. The molecule has 0 bridgehead atoms. The van der Waals surface area contributed by atoms with E-state index in [0.29, 0.717) is 12.0 Å². The first-order valence-electron chi connectivity index (χ1n) is 8.29. The molecule has 28 heavy (non-hydrogen) atoms. The van der Waals surface area contributed by atoms with E-state index in [0.717, 1.165) is 5.56 Å². The van der Waals surface area contributed by atoms with Crippen molar-refractivity contribution in [3.63, 3.8) is 0 Å². The van der Waals surface area contributed by atoms with Crippen molar-refractivity contribution in [3.8, 4) is 5.88 Å². The van der Waals surface area contributed by atoms with Gasteiger partial charge < -0.3 is 20.3 Å². The van der Waals surface area contributed by atoms with Crippen molar-refractivity contribution in [3.05, 3.63) is 40.8 Å². The molecule has 2 unspecified atom stereocenters. The number of halogens is 1. The second kappa shape index (κ2) is 8.73. The second-order valence-corrected chi connectivity index (χ2v) is 6.00. The van der Waals surface area contributed by atoms with Crippen LogP contribution in [0.25, 0.3) is 0 Å². The van der Waals surface area contributed by atoms with E-state index in [1.807, 2.05) is 5.48 Å². The Bertz CT molecular complexity index is 873. The number of aliphatic imine (C=N–C) groups is 1. The lowest BCUT2D eigenvalue weighted by atomic mass is 9.83. The van der Waals surface area contributed by atoms with E-state index in [-0.39, 0.29) is 29.8 Å². The molecule has 3 rings (SSSR count). The number of hydrogen-bond acceptors (Lipinski definition) is 9. The van der Waals surface area contributed by atoms with Crippen molar-refractivity contribution in [2.45, 2.75) is 18.6 Å². The zero-order valence-corrected chi connectivity index (χ0v) is 14.5. The normalized spacial score (nSPS) is 16.7. The van der Waals surface area contributed by atoms with E-state index in [1.165, 1.54) is 12.1 Å². The molecule has 0 radical (unpaired) electrons. The number of fused-ring (bicyclic) bond motifs is 1. The van der Waals surface area contributed by atoms with Gasteiger partial charge in [0.1, 0.15) is 5.82 Å². The monoisotopic (exact) mass is 395 g/mol. The maximum atomic E-state index is 13.4. The number of hydrogen-bond donors (Lipinski definition) is 5. The van der Waals surface area contributed by atoms with Gasteiger partial charge in [-0.05, 0) is 40.0 Å². The number of carbonyl (C=O) groups is 1. The van der Waals surface area contributed by atoms with E-state index in [2.05, 4.69) is 25.3 Å². The molecular formula is C16H18FN5O6. The number of nitrogens with zero attached hydrogens (tertiary/aromatic N) is 3. The van der Waals surface area contributed by atoms with Gasteiger partial charge in [0, 0.05) is 6.54 Å². The number of benzene rings is 1. The fraction of sp³-hybridized carbons (Fsp3) is 0.375. The smallest absolute Gasteiger partial charge is 0.287 e. The highest BCUT2D eigenvalue weighted by Crippen LogP contribution is 2.37. The average molecular weight is 395 g/mol. The number of hydroxylamine groups is 1. The molecule has 1 aromatic heterocycles. The number of aromatic nitrogens is 2. The molecule has 1 aromatic carbocycles. The molecule has 11 nitrogen and oxygen atoms in total.